The van der Waals surface area contributed by atoms with Gasteiger partial charge in [-0.2, -0.15) is 0 Å². The summed E-state index contributed by atoms with van der Waals surface area (Å²) in [6.45, 7) is 1.08. The van der Waals surface area contributed by atoms with Gasteiger partial charge in [-0.3, -0.25) is 9.47 Å². The first kappa shape index (κ1) is 15.3. The van der Waals surface area contributed by atoms with Gasteiger partial charge < -0.3 is 15.4 Å². The molecule has 1 aromatic carbocycles. The Hall–Kier alpha value is -2.64. The summed E-state index contributed by atoms with van der Waals surface area (Å²) >= 11 is 0. The van der Waals surface area contributed by atoms with Crippen LogP contribution in [0.25, 0.3) is 10.9 Å². The number of hydrogen-bond donors (Lipinski definition) is 2. The highest BCUT2D eigenvalue weighted by Crippen LogP contribution is 2.31. The molecule has 0 unspecified atom stereocenters. The molecule has 122 valence electrons. The van der Waals surface area contributed by atoms with Crippen LogP contribution in [0.5, 0.6) is 0 Å². The number of aromatic carboxylic acids is 1. The third-order valence-corrected chi connectivity index (χ3v) is 4.05. The third-order valence-electron chi connectivity index (χ3n) is 4.05. The molecule has 0 bridgehead atoms. The fourth-order valence-electron chi connectivity index (χ4n) is 2.96. The second kappa shape index (κ2) is 5.53. The predicted octanol–water partition coefficient (Wildman–Crippen LogP) is 1.75. The molecule has 0 aliphatic carbocycles. The molecule has 6 nitrogen and oxygen atoms in total. The van der Waals surface area contributed by atoms with E-state index in [0.29, 0.717) is 13.1 Å². The van der Waals surface area contributed by atoms with Gasteiger partial charge in [-0.15, -0.1) is 0 Å². The van der Waals surface area contributed by atoms with Crippen molar-refractivity contribution in [3.63, 3.8) is 0 Å². The monoisotopic (exact) mass is 323 g/mol. The van der Waals surface area contributed by atoms with Crippen LogP contribution in [0, 0.1) is 11.6 Å². The molecule has 0 spiro atoms. The SMILES string of the molecule is CNn1cc(C(=O)O)c(=O)c2cc(F)c(N3CCCC3)c(F)c21. The van der Waals surface area contributed by atoms with Gasteiger partial charge in [-0.1, -0.05) is 0 Å². The lowest BCUT2D eigenvalue weighted by molar-refractivity contribution is 0.0695. The maximum atomic E-state index is 14.9. The smallest absolute Gasteiger partial charge is 0.341 e. The molecule has 3 rings (SSSR count). The zero-order valence-corrected chi connectivity index (χ0v) is 12.4. The van der Waals surface area contributed by atoms with Crippen molar-refractivity contribution in [1.82, 2.24) is 4.68 Å². The number of anilines is 1. The molecule has 1 aliphatic rings. The van der Waals surface area contributed by atoms with Gasteiger partial charge in [-0.25, -0.2) is 13.6 Å². The minimum atomic E-state index is -1.45. The van der Waals surface area contributed by atoms with Crippen LogP contribution >= 0.6 is 0 Å². The van der Waals surface area contributed by atoms with Gasteiger partial charge in [0.1, 0.15) is 22.6 Å². The van der Waals surface area contributed by atoms with Crippen LogP contribution in [-0.4, -0.2) is 35.9 Å². The zero-order chi connectivity index (χ0) is 16.7. The van der Waals surface area contributed by atoms with Gasteiger partial charge in [0.05, 0.1) is 5.39 Å². The van der Waals surface area contributed by atoms with E-state index in [9.17, 15) is 18.4 Å². The number of rotatable bonds is 3. The average molecular weight is 323 g/mol. The number of aromatic nitrogens is 1. The highest BCUT2D eigenvalue weighted by atomic mass is 19.1. The molecule has 2 heterocycles. The Balaban J connectivity index is 2.39. The number of hydrogen-bond acceptors (Lipinski definition) is 4. The van der Waals surface area contributed by atoms with Crippen LogP contribution in [-0.2, 0) is 0 Å². The Labute approximate surface area is 129 Å². The summed E-state index contributed by atoms with van der Waals surface area (Å²) in [5.74, 6) is -3.19. The molecule has 1 saturated heterocycles. The van der Waals surface area contributed by atoms with E-state index in [0.717, 1.165) is 29.8 Å². The Morgan fingerprint density at radius 3 is 2.52 bits per heavy atom. The number of nitrogens with zero attached hydrogens (tertiary/aromatic N) is 2. The largest absolute Gasteiger partial charge is 0.477 e. The van der Waals surface area contributed by atoms with Crippen LogP contribution in [0.3, 0.4) is 0 Å². The van der Waals surface area contributed by atoms with Gasteiger partial charge in [0.2, 0.25) is 5.43 Å². The molecule has 8 heteroatoms. The van der Waals surface area contributed by atoms with Gasteiger partial charge in [0.15, 0.2) is 5.82 Å². The first-order chi connectivity index (χ1) is 11.0. The van der Waals surface area contributed by atoms with Crippen molar-refractivity contribution in [2.24, 2.45) is 0 Å². The normalized spacial score (nSPS) is 14.5. The number of pyridine rings is 1. The highest BCUT2D eigenvalue weighted by Gasteiger charge is 2.26. The topological polar surface area (TPSA) is 74.6 Å². The van der Waals surface area contributed by atoms with Gasteiger partial charge in [-0.05, 0) is 18.9 Å². The van der Waals surface area contributed by atoms with E-state index in [2.05, 4.69) is 5.43 Å². The highest BCUT2D eigenvalue weighted by molar-refractivity contribution is 5.94. The minimum absolute atomic E-state index is 0.161. The number of carboxylic acid groups (broad SMARTS) is 1. The van der Waals surface area contributed by atoms with Crippen LogP contribution in [0.15, 0.2) is 17.1 Å². The molecular formula is C15H15F2N3O3. The molecule has 0 saturated carbocycles. The average Bonchev–Trinajstić information content (AvgIpc) is 3.02. The molecule has 2 N–H and O–H groups in total. The molecule has 1 fully saturated rings. The van der Waals surface area contributed by atoms with E-state index in [4.69, 9.17) is 5.11 Å². The summed E-state index contributed by atoms with van der Waals surface area (Å²) in [5.41, 5.74) is 0.795. The van der Waals surface area contributed by atoms with Crippen LogP contribution < -0.4 is 15.8 Å². The van der Waals surface area contributed by atoms with Crippen molar-refractivity contribution < 1.29 is 18.7 Å². The Bertz CT molecular complexity index is 857. The maximum absolute atomic E-state index is 14.9. The lowest BCUT2D eigenvalue weighted by Crippen LogP contribution is -2.25. The van der Waals surface area contributed by atoms with Crippen molar-refractivity contribution in [2.75, 3.05) is 30.5 Å². The quantitative estimate of drug-likeness (QED) is 0.900. The van der Waals surface area contributed by atoms with Crippen LogP contribution in [0.1, 0.15) is 23.2 Å². The van der Waals surface area contributed by atoms with Crippen molar-refractivity contribution in [3.05, 3.63) is 39.7 Å². The van der Waals surface area contributed by atoms with E-state index < -0.39 is 28.6 Å². The van der Waals surface area contributed by atoms with Crippen molar-refractivity contribution in [1.29, 1.82) is 0 Å². The molecular weight excluding hydrogens is 308 g/mol. The number of carboxylic acids is 1. The Kier molecular flexibility index (Phi) is 3.67. The summed E-state index contributed by atoms with van der Waals surface area (Å²) in [6.07, 6.45) is 2.68. The molecule has 0 amide bonds. The number of halogens is 2. The van der Waals surface area contributed by atoms with E-state index in [1.54, 1.807) is 4.90 Å². The fraction of sp³-hybridized carbons (Fsp3) is 0.333. The fourth-order valence-corrected chi connectivity index (χ4v) is 2.96. The summed E-state index contributed by atoms with van der Waals surface area (Å²) in [4.78, 5) is 24.9. The second-order valence-electron chi connectivity index (χ2n) is 5.38. The molecule has 1 aromatic heterocycles. The summed E-state index contributed by atoms with van der Waals surface area (Å²) in [6, 6.07) is 0.911. The second-order valence-corrected chi connectivity index (χ2v) is 5.38. The van der Waals surface area contributed by atoms with Crippen molar-refractivity contribution in [3.8, 4) is 0 Å². The lowest BCUT2D eigenvalue weighted by Gasteiger charge is -2.21. The number of benzene rings is 1. The predicted molar refractivity (Wildman–Crippen MR) is 81.8 cm³/mol. The van der Waals surface area contributed by atoms with Crippen molar-refractivity contribution in [2.45, 2.75) is 12.8 Å². The van der Waals surface area contributed by atoms with Crippen molar-refractivity contribution >= 4 is 22.6 Å². The summed E-state index contributed by atoms with van der Waals surface area (Å²) in [5, 5.41) is 8.77. The minimum Gasteiger partial charge on any atom is -0.477 e. The van der Waals surface area contributed by atoms with Gasteiger partial charge >= 0.3 is 5.97 Å². The number of nitrogens with one attached hydrogen (secondary N) is 1. The maximum Gasteiger partial charge on any atom is 0.341 e. The zero-order valence-electron chi connectivity index (χ0n) is 12.4. The summed E-state index contributed by atoms with van der Waals surface area (Å²) in [7, 11) is 1.45. The lowest BCUT2D eigenvalue weighted by atomic mass is 10.1. The van der Waals surface area contributed by atoms with Crippen LogP contribution in [0.4, 0.5) is 14.5 Å². The molecule has 0 radical (unpaired) electrons. The van der Waals surface area contributed by atoms with E-state index >= 15 is 0 Å². The Morgan fingerprint density at radius 2 is 1.96 bits per heavy atom. The third kappa shape index (κ3) is 2.30. The standard InChI is InChI=1S/C15H15F2N3O3/c1-18-20-7-9(15(22)23)14(21)8-6-10(16)13(11(17)12(8)20)19-4-2-3-5-19/h6-7,18H,2-5H2,1H3,(H,22,23). The first-order valence-electron chi connectivity index (χ1n) is 7.19. The summed E-state index contributed by atoms with van der Waals surface area (Å²) < 4.78 is 30.4. The molecule has 2 aromatic rings. The Morgan fingerprint density at radius 1 is 1.30 bits per heavy atom. The van der Waals surface area contributed by atoms with E-state index in [1.807, 2.05) is 0 Å². The number of carbonyl (C=O) groups is 1. The van der Waals surface area contributed by atoms with Gasteiger partial charge in [0.25, 0.3) is 0 Å². The molecule has 1 aliphatic heterocycles. The molecule has 0 atom stereocenters. The van der Waals surface area contributed by atoms with Crippen LogP contribution in [0.2, 0.25) is 0 Å². The van der Waals surface area contributed by atoms with E-state index in [1.165, 1.54) is 7.05 Å². The van der Waals surface area contributed by atoms with Gasteiger partial charge in [0, 0.05) is 26.3 Å². The molecule has 23 heavy (non-hydrogen) atoms. The van der Waals surface area contributed by atoms with E-state index in [-0.39, 0.29) is 16.6 Å². The first-order valence-corrected chi connectivity index (χ1v) is 7.19. The number of fused-ring (bicyclic) bond motifs is 1.